The van der Waals surface area contributed by atoms with Crippen molar-refractivity contribution in [3.63, 3.8) is 0 Å². The van der Waals surface area contributed by atoms with Crippen LogP contribution >= 0.6 is 12.6 Å². The van der Waals surface area contributed by atoms with Crippen molar-refractivity contribution in [2.75, 3.05) is 0 Å². The van der Waals surface area contributed by atoms with Gasteiger partial charge in [-0.3, -0.25) is 0 Å². The van der Waals surface area contributed by atoms with E-state index in [1.807, 2.05) is 18.2 Å². The van der Waals surface area contributed by atoms with Crippen molar-refractivity contribution in [2.24, 2.45) is 0 Å². The van der Waals surface area contributed by atoms with Crippen LogP contribution in [0.2, 0.25) is 0 Å². The first-order chi connectivity index (χ1) is 14.2. The maximum Gasteiger partial charge on any atom is 0.00781 e. The topological polar surface area (TPSA) is 0 Å². The van der Waals surface area contributed by atoms with Crippen LogP contribution < -0.4 is 0 Å². The summed E-state index contributed by atoms with van der Waals surface area (Å²) in [6.45, 7) is 4.20. The summed E-state index contributed by atoms with van der Waals surface area (Å²) in [4.78, 5) is 1.02. The smallest absolute Gasteiger partial charge is 0.00781 e. The highest BCUT2D eigenvalue weighted by Gasteiger charge is 2.16. The molecule has 0 spiro atoms. The minimum atomic E-state index is 1.00. The van der Waals surface area contributed by atoms with E-state index in [-0.39, 0.29) is 0 Å². The summed E-state index contributed by atoms with van der Waals surface area (Å²) in [6, 6.07) is 10.3. The summed E-state index contributed by atoms with van der Waals surface area (Å²) in [7, 11) is 0. The quantitative estimate of drug-likeness (QED) is 0.377. The molecule has 4 rings (SSSR count). The molecule has 0 saturated carbocycles. The van der Waals surface area contributed by atoms with E-state index >= 15 is 0 Å². The number of thiol groups is 1. The molecule has 1 aromatic carbocycles. The van der Waals surface area contributed by atoms with Gasteiger partial charge < -0.3 is 0 Å². The summed E-state index contributed by atoms with van der Waals surface area (Å²) < 4.78 is 0. The van der Waals surface area contributed by atoms with Gasteiger partial charge in [0, 0.05) is 4.91 Å². The average Bonchev–Trinajstić information content (AvgIpc) is 2.80. The Labute approximate surface area is 180 Å². The molecule has 0 amide bonds. The molecule has 0 bridgehead atoms. The van der Waals surface area contributed by atoms with E-state index in [4.69, 9.17) is 12.6 Å². The first-order valence-electron chi connectivity index (χ1n) is 10.5. The zero-order valence-corrected chi connectivity index (χ0v) is 17.8. The third-order valence-corrected chi connectivity index (χ3v) is 6.28. The second-order valence-electron chi connectivity index (χ2n) is 7.83. The molecule has 29 heavy (non-hydrogen) atoms. The van der Waals surface area contributed by atoms with Gasteiger partial charge in [-0.1, -0.05) is 79.4 Å². The number of hydrogen-bond donors (Lipinski definition) is 1. The summed E-state index contributed by atoms with van der Waals surface area (Å²) in [6.07, 6.45) is 25.0. The molecule has 0 nitrogen and oxygen atoms in total. The normalized spacial score (nSPS) is 19.6. The van der Waals surface area contributed by atoms with Crippen LogP contribution in [0, 0.1) is 0 Å². The van der Waals surface area contributed by atoms with E-state index in [0.29, 0.717) is 0 Å². The molecular formula is C28H28S. The number of benzene rings is 1. The number of hydrogen-bond acceptors (Lipinski definition) is 1. The minimum absolute atomic E-state index is 1.00. The zero-order chi connectivity index (χ0) is 20.1. The molecule has 146 valence electrons. The molecule has 0 aliphatic heterocycles. The first kappa shape index (κ1) is 19.8. The van der Waals surface area contributed by atoms with Gasteiger partial charge in [0.2, 0.25) is 0 Å². The summed E-state index contributed by atoms with van der Waals surface area (Å²) in [5.74, 6) is 0. The van der Waals surface area contributed by atoms with Gasteiger partial charge in [0.15, 0.2) is 0 Å². The molecule has 0 saturated heterocycles. The molecule has 0 fully saturated rings. The highest BCUT2D eigenvalue weighted by molar-refractivity contribution is 7.84. The standard InChI is InChI=1S/C28H28S/c1-21(22-8-4-2-5-9-22)20-28(29)27-18-16-26(17-19-27)25-14-12-24(13-15-25)23-10-6-3-7-11-23/h2,4-6,8-12,14,16,18,20,29H,1,3,7,13,15,17,19H2/b28-20-. The van der Waals surface area contributed by atoms with Gasteiger partial charge >= 0.3 is 0 Å². The SMILES string of the molecule is C=C(/C=C(\S)C1=CC=C(C2=CC=C(C3=CCCC=C3)CC2)CC1)c1ccccc1. The fraction of sp³-hybridized carbons (Fsp3) is 0.214. The van der Waals surface area contributed by atoms with Crippen molar-refractivity contribution in [1.82, 2.24) is 0 Å². The van der Waals surface area contributed by atoms with Crippen molar-refractivity contribution < 1.29 is 0 Å². The predicted molar refractivity (Wildman–Crippen MR) is 130 cm³/mol. The fourth-order valence-corrected chi connectivity index (χ4v) is 4.45. The Kier molecular flexibility index (Phi) is 6.36. The van der Waals surface area contributed by atoms with Crippen molar-refractivity contribution in [3.05, 3.63) is 124 Å². The Bertz CT molecular complexity index is 1000. The molecule has 1 aromatic rings. The maximum atomic E-state index is 4.76. The lowest BCUT2D eigenvalue weighted by Gasteiger charge is -2.21. The van der Waals surface area contributed by atoms with Gasteiger partial charge in [-0.25, -0.2) is 0 Å². The third-order valence-electron chi connectivity index (χ3n) is 5.86. The molecular weight excluding hydrogens is 368 g/mol. The van der Waals surface area contributed by atoms with Gasteiger partial charge in [0.05, 0.1) is 0 Å². The molecule has 3 aliphatic carbocycles. The van der Waals surface area contributed by atoms with E-state index < -0.39 is 0 Å². The van der Waals surface area contributed by atoms with Crippen LogP contribution in [0.3, 0.4) is 0 Å². The highest BCUT2D eigenvalue weighted by Crippen LogP contribution is 2.35. The highest BCUT2D eigenvalue weighted by atomic mass is 32.1. The molecule has 0 radical (unpaired) electrons. The van der Waals surface area contributed by atoms with Crippen molar-refractivity contribution in [2.45, 2.75) is 38.5 Å². The van der Waals surface area contributed by atoms with Crippen LogP contribution in [-0.4, -0.2) is 0 Å². The molecule has 1 heteroatoms. The van der Waals surface area contributed by atoms with Crippen LogP contribution in [-0.2, 0) is 0 Å². The Morgan fingerprint density at radius 3 is 2.14 bits per heavy atom. The monoisotopic (exact) mass is 396 g/mol. The Morgan fingerprint density at radius 2 is 1.52 bits per heavy atom. The summed E-state index contributed by atoms with van der Waals surface area (Å²) in [5, 5.41) is 0. The predicted octanol–water partition coefficient (Wildman–Crippen LogP) is 8.08. The lowest BCUT2D eigenvalue weighted by molar-refractivity contribution is 0.861. The van der Waals surface area contributed by atoms with E-state index in [0.717, 1.165) is 41.7 Å². The molecule has 0 N–H and O–H groups in total. The summed E-state index contributed by atoms with van der Waals surface area (Å²) in [5.41, 5.74) is 9.31. The summed E-state index contributed by atoms with van der Waals surface area (Å²) >= 11 is 4.76. The second-order valence-corrected chi connectivity index (χ2v) is 8.31. The Balaban J connectivity index is 1.46. The van der Waals surface area contributed by atoms with Gasteiger partial charge in [-0.05, 0) is 83.6 Å². The molecule has 0 atom stereocenters. The van der Waals surface area contributed by atoms with Crippen LogP contribution in [0.15, 0.2) is 118 Å². The van der Waals surface area contributed by atoms with Crippen molar-refractivity contribution in [3.8, 4) is 0 Å². The molecule has 0 heterocycles. The minimum Gasteiger partial charge on any atom is -0.143 e. The lowest BCUT2D eigenvalue weighted by Crippen LogP contribution is -2.02. The lowest BCUT2D eigenvalue weighted by atomic mass is 9.84. The van der Waals surface area contributed by atoms with Crippen LogP contribution in [0.4, 0.5) is 0 Å². The molecule has 3 aliphatic rings. The van der Waals surface area contributed by atoms with E-state index in [1.54, 1.807) is 0 Å². The second kappa shape index (κ2) is 9.33. The van der Waals surface area contributed by atoms with Crippen LogP contribution in [0.1, 0.15) is 44.1 Å². The number of rotatable bonds is 5. The Morgan fingerprint density at radius 1 is 0.828 bits per heavy atom. The average molecular weight is 397 g/mol. The molecule has 0 aromatic heterocycles. The first-order valence-corrected chi connectivity index (χ1v) is 11.0. The fourth-order valence-electron chi connectivity index (χ4n) is 4.11. The van der Waals surface area contributed by atoms with E-state index in [1.165, 1.54) is 40.7 Å². The number of allylic oxidation sites excluding steroid dienone is 14. The van der Waals surface area contributed by atoms with Gasteiger partial charge in [-0.2, -0.15) is 0 Å². The Hall–Kier alpha value is -2.51. The van der Waals surface area contributed by atoms with Crippen LogP contribution in [0.25, 0.3) is 5.57 Å². The van der Waals surface area contributed by atoms with Gasteiger partial charge in [0.25, 0.3) is 0 Å². The van der Waals surface area contributed by atoms with Crippen LogP contribution in [0.5, 0.6) is 0 Å². The maximum absolute atomic E-state index is 4.76. The van der Waals surface area contributed by atoms with E-state index in [9.17, 15) is 0 Å². The molecule has 0 unspecified atom stereocenters. The van der Waals surface area contributed by atoms with Gasteiger partial charge in [0.1, 0.15) is 0 Å². The van der Waals surface area contributed by atoms with Crippen molar-refractivity contribution >= 4 is 18.2 Å². The third kappa shape index (κ3) is 4.92. The van der Waals surface area contributed by atoms with E-state index in [2.05, 4.69) is 67.3 Å². The zero-order valence-electron chi connectivity index (χ0n) is 16.9. The van der Waals surface area contributed by atoms with Gasteiger partial charge in [-0.15, -0.1) is 12.6 Å². The largest absolute Gasteiger partial charge is 0.143 e. The van der Waals surface area contributed by atoms with Crippen molar-refractivity contribution in [1.29, 1.82) is 0 Å².